The number of amides is 1. The zero-order valence-electron chi connectivity index (χ0n) is 15.2. The summed E-state index contributed by atoms with van der Waals surface area (Å²) in [5.41, 5.74) is 1.64. The van der Waals surface area contributed by atoms with Crippen molar-refractivity contribution in [1.82, 2.24) is 5.32 Å². The molecular formula is C20H23BrN2O3S. The second-order valence-corrected chi connectivity index (χ2v) is 9.80. The monoisotopic (exact) mass is 450 g/mol. The van der Waals surface area contributed by atoms with Crippen LogP contribution in [0.1, 0.15) is 41.6 Å². The fraction of sp³-hybridized carbons (Fsp3) is 0.350. The minimum atomic E-state index is -3.48. The summed E-state index contributed by atoms with van der Waals surface area (Å²) in [6, 6.07) is 15.2. The molecule has 1 fully saturated rings. The van der Waals surface area contributed by atoms with Gasteiger partial charge in [-0.15, -0.1) is 0 Å². The van der Waals surface area contributed by atoms with Crippen LogP contribution in [-0.4, -0.2) is 26.1 Å². The Bertz CT molecular complexity index is 925. The van der Waals surface area contributed by atoms with Gasteiger partial charge in [-0.3, -0.25) is 9.52 Å². The Balaban J connectivity index is 1.75. The van der Waals surface area contributed by atoms with Crippen LogP contribution >= 0.6 is 15.9 Å². The Hall–Kier alpha value is -1.86. The summed E-state index contributed by atoms with van der Waals surface area (Å²) in [7, 11) is -3.48. The van der Waals surface area contributed by atoms with E-state index in [1.54, 1.807) is 18.2 Å². The van der Waals surface area contributed by atoms with E-state index in [1.807, 2.05) is 18.2 Å². The highest BCUT2D eigenvalue weighted by Gasteiger charge is 2.38. The average Bonchev–Trinajstić information content (AvgIpc) is 2.56. The van der Waals surface area contributed by atoms with E-state index in [1.165, 1.54) is 5.56 Å². The third-order valence-electron chi connectivity index (χ3n) is 4.95. The predicted molar refractivity (Wildman–Crippen MR) is 111 cm³/mol. The van der Waals surface area contributed by atoms with E-state index in [4.69, 9.17) is 0 Å². The van der Waals surface area contributed by atoms with E-state index in [-0.39, 0.29) is 17.1 Å². The first kappa shape index (κ1) is 19.9. The molecule has 144 valence electrons. The molecule has 0 saturated heterocycles. The van der Waals surface area contributed by atoms with Gasteiger partial charge in [-0.05, 0) is 55.9 Å². The topological polar surface area (TPSA) is 75.3 Å². The Kier molecular flexibility index (Phi) is 5.91. The molecule has 0 aliphatic heterocycles. The number of aryl methyl sites for hydroxylation is 1. The molecule has 0 heterocycles. The number of sulfonamides is 1. The summed E-state index contributed by atoms with van der Waals surface area (Å²) in [6.45, 7) is 0. The number of nitrogens with one attached hydrogen (secondary N) is 2. The van der Waals surface area contributed by atoms with Crippen LogP contribution in [0.5, 0.6) is 0 Å². The van der Waals surface area contributed by atoms with E-state index >= 15 is 0 Å². The van der Waals surface area contributed by atoms with E-state index < -0.39 is 10.0 Å². The quantitative estimate of drug-likeness (QED) is 0.666. The molecule has 0 radical (unpaired) electrons. The lowest BCUT2D eigenvalue weighted by atomic mass is 9.73. The number of carbonyl (C=O) groups is 1. The molecule has 1 aliphatic carbocycles. The summed E-state index contributed by atoms with van der Waals surface area (Å²) in [5.74, 6) is -0.249. The second kappa shape index (κ2) is 8.02. The Morgan fingerprint density at radius 2 is 1.85 bits per heavy atom. The normalized spacial score (nSPS) is 15.6. The highest BCUT2D eigenvalue weighted by atomic mass is 79.9. The average molecular weight is 451 g/mol. The third-order valence-corrected chi connectivity index (χ3v) is 6.03. The molecule has 2 N–H and O–H groups in total. The summed E-state index contributed by atoms with van der Waals surface area (Å²) >= 11 is 3.32. The van der Waals surface area contributed by atoms with Gasteiger partial charge in [0.15, 0.2) is 0 Å². The number of rotatable bonds is 7. The molecule has 3 rings (SSSR count). The van der Waals surface area contributed by atoms with Gasteiger partial charge in [0.05, 0.1) is 17.5 Å². The lowest BCUT2D eigenvalue weighted by Crippen LogP contribution is -2.53. The summed E-state index contributed by atoms with van der Waals surface area (Å²) in [6.07, 6.45) is 5.81. The zero-order valence-corrected chi connectivity index (χ0v) is 17.6. The lowest BCUT2D eigenvalue weighted by molar-refractivity contribution is 0.0814. The second-order valence-electron chi connectivity index (χ2n) is 7.14. The first-order valence-corrected chi connectivity index (χ1v) is 11.6. The predicted octanol–water partition coefficient (Wildman–Crippen LogP) is 4.11. The van der Waals surface area contributed by atoms with Crippen LogP contribution < -0.4 is 10.0 Å². The number of hydrogen-bond acceptors (Lipinski definition) is 3. The molecule has 2 aromatic carbocycles. The van der Waals surface area contributed by atoms with Crippen molar-refractivity contribution in [3.63, 3.8) is 0 Å². The van der Waals surface area contributed by atoms with Gasteiger partial charge in [-0.25, -0.2) is 8.42 Å². The molecule has 0 atom stereocenters. The van der Waals surface area contributed by atoms with Crippen molar-refractivity contribution in [3.8, 4) is 0 Å². The molecular weight excluding hydrogens is 428 g/mol. The molecule has 2 aromatic rings. The lowest BCUT2D eigenvalue weighted by Gasteiger charge is -2.43. The SMILES string of the molecule is CS(=O)(=O)Nc1cc(Br)ccc1C(=O)NC1(CCc2ccccc2)CCC1. The smallest absolute Gasteiger partial charge is 0.253 e. The van der Waals surface area contributed by atoms with Crippen LogP contribution in [0.4, 0.5) is 5.69 Å². The van der Waals surface area contributed by atoms with Crippen molar-refractivity contribution in [2.75, 3.05) is 11.0 Å². The van der Waals surface area contributed by atoms with Crippen LogP contribution in [0.3, 0.4) is 0 Å². The van der Waals surface area contributed by atoms with Crippen molar-refractivity contribution < 1.29 is 13.2 Å². The van der Waals surface area contributed by atoms with E-state index in [0.717, 1.165) is 38.4 Å². The highest BCUT2D eigenvalue weighted by Crippen LogP contribution is 2.36. The Morgan fingerprint density at radius 3 is 2.44 bits per heavy atom. The molecule has 0 aromatic heterocycles. The Morgan fingerprint density at radius 1 is 1.15 bits per heavy atom. The minimum absolute atomic E-state index is 0.220. The van der Waals surface area contributed by atoms with Gasteiger partial charge >= 0.3 is 0 Å². The number of carbonyl (C=O) groups excluding carboxylic acids is 1. The fourth-order valence-corrected chi connectivity index (χ4v) is 4.31. The van der Waals surface area contributed by atoms with Crippen LogP contribution in [0.2, 0.25) is 0 Å². The molecule has 0 unspecified atom stereocenters. The van der Waals surface area contributed by atoms with Gasteiger partial charge in [0.1, 0.15) is 0 Å². The van der Waals surface area contributed by atoms with E-state index in [2.05, 4.69) is 38.1 Å². The van der Waals surface area contributed by atoms with Gasteiger partial charge in [0, 0.05) is 10.0 Å². The maximum atomic E-state index is 12.9. The largest absolute Gasteiger partial charge is 0.347 e. The van der Waals surface area contributed by atoms with Gasteiger partial charge < -0.3 is 5.32 Å². The molecule has 0 bridgehead atoms. The highest BCUT2D eigenvalue weighted by molar-refractivity contribution is 9.10. The third kappa shape index (κ3) is 5.32. The number of hydrogen-bond donors (Lipinski definition) is 2. The van der Waals surface area contributed by atoms with Crippen molar-refractivity contribution in [3.05, 3.63) is 64.1 Å². The zero-order chi connectivity index (χ0) is 19.5. The van der Waals surface area contributed by atoms with Gasteiger partial charge in [-0.1, -0.05) is 46.3 Å². The number of halogens is 1. The van der Waals surface area contributed by atoms with E-state index in [0.29, 0.717) is 10.0 Å². The van der Waals surface area contributed by atoms with Crippen molar-refractivity contribution in [1.29, 1.82) is 0 Å². The molecule has 27 heavy (non-hydrogen) atoms. The van der Waals surface area contributed by atoms with Gasteiger partial charge in [-0.2, -0.15) is 0 Å². The maximum Gasteiger partial charge on any atom is 0.253 e. The number of benzene rings is 2. The first-order chi connectivity index (χ1) is 12.8. The standard InChI is InChI=1S/C20H23BrN2O3S/c1-27(25,26)23-18-14-16(21)8-9-17(18)19(24)22-20(11-5-12-20)13-10-15-6-3-2-4-7-15/h2-4,6-9,14,23H,5,10-13H2,1H3,(H,22,24). The Labute approximate surface area is 168 Å². The fourth-order valence-electron chi connectivity index (χ4n) is 3.38. The molecule has 1 saturated carbocycles. The van der Waals surface area contributed by atoms with Crippen molar-refractivity contribution in [2.45, 2.75) is 37.6 Å². The van der Waals surface area contributed by atoms with Crippen LogP contribution in [-0.2, 0) is 16.4 Å². The summed E-state index contributed by atoms with van der Waals surface area (Å²) < 4.78 is 26.4. The molecule has 5 nitrogen and oxygen atoms in total. The maximum absolute atomic E-state index is 12.9. The van der Waals surface area contributed by atoms with E-state index in [9.17, 15) is 13.2 Å². The summed E-state index contributed by atoms with van der Waals surface area (Å²) in [4.78, 5) is 12.9. The van der Waals surface area contributed by atoms with Crippen LogP contribution in [0, 0.1) is 0 Å². The van der Waals surface area contributed by atoms with Gasteiger partial charge in [0.2, 0.25) is 10.0 Å². The van der Waals surface area contributed by atoms with Crippen molar-refractivity contribution in [2.24, 2.45) is 0 Å². The van der Waals surface area contributed by atoms with Crippen molar-refractivity contribution >= 4 is 37.5 Å². The molecule has 1 amide bonds. The van der Waals surface area contributed by atoms with Gasteiger partial charge in [0.25, 0.3) is 5.91 Å². The molecule has 1 aliphatic rings. The first-order valence-electron chi connectivity index (χ1n) is 8.90. The molecule has 0 spiro atoms. The minimum Gasteiger partial charge on any atom is -0.347 e. The van der Waals surface area contributed by atoms with Crippen LogP contribution in [0.25, 0.3) is 0 Å². The summed E-state index contributed by atoms with van der Waals surface area (Å²) in [5, 5.41) is 3.17. The molecule has 7 heteroatoms. The number of anilines is 1. The van der Waals surface area contributed by atoms with Crippen LogP contribution in [0.15, 0.2) is 53.0 Å².